The van der Waals surface area contributed by atoms with Gasteiger partial charge in [-0.3, -0.25) is 10.1 Å². The zero-order chi connectivity index (χ0) is 19.5. The number of nitrogens with one attached hydrogen (secondary N) is 2. The molecule has 0 bridgehead atoms. The summed E-state index contributed by atoms with van der Waals surface area (Å²) in [5.74, 6) is 0.867. The predicted octanol–water partition coefficient (Wildman–Crippen LogP) is 4.49. The fourth-order valence-corrected chi connectivity index (χ4v) is 3.47. The minimum absolute atomic E-state index is 0.0597. The van der Waals surface area contributed by atoms with E-state index in [4.69, 9.17) is 4.74 Å². The van der Waals surface area contributed by atoms with E-state index >= 15 is 0 Å². The van der Waals surface area contributed by atoms with E-state index < -0.39 is 4.92 Å². The molecular weight excluding hydrogens is 380 g/mol. The molecule has 0 aliphatic carbocycles. The summed E-state index contributed by atoms with van der Waals surface area (Å²) in [6, 6.07) is 14.6. The van der Waals surface area contributed by atoms with Crippen LogP contribution < -0.4 is 15.4 Å². The predicted molar refractivity (Wildman–Crippen MR) is 108 cm³/mol. The van der Waals surface area contributed by atoms with Gasteiger partial charge in [0, 0.05) is 5.69 Å². The zero-order valence-electron chi connectivity index (χ0n) is 14.6. The maximum absolute atomic E-state index is 11.7. The number of nitrogens with zero attached hydrogens (tertiary/aromatic N) is 4. The van der Waals surface area contributed by atoms with E-state index in [1.165, 1.54) is 17.7 Å². The molecule has 0 spiro atoms. The molecule has 0 aliphatic rings. The van der Waals surface area contributed by atoms with Gasteiger partial charge in [-0.15, -0.1) is 0 Å². The lowest BCUT2D eigenvalue weighted by Crippen LogP contribution is -2.05. The van der Waals surface area contributed by atoms with Crippen LogP contribution in [0.3, 0.4) is 0 Å². The SMILES string of the molecule is COc1ccc2nc(Nc3ncnc(Nc4ccccc4)c3[N+](=O)[O-])sc2c1. The first kappa shape index (κ1) is 17.6. The van der Waals surface area contributed by atoms with E-state index in [9.17, 15) is 10.1 Å². The molecule has 0 fully saturated rings. The van der Waals surface area contributed by atoms with Crippen LogP contribution in [0.25, 0.3) is 10.2 Å². The van der Waals surface area contributed by atoms with Gasteiger partial charge >= 0.3 is 5.69 Å². The number of para-hydroxylation sites is 1. The topological polar surface area (TPSA) is 115 Å². The van der Waals surface area contributed by atoms with Crippen LogP contribution in [-0.4, -0.2) is 27.0 Å². The average molecular weight is 394 g/mol. The van der Waals surface area contributed by atoms with Crippen molar-refractivity contribution >= 4 is 49.7 Å². The molecule has 2 N–H and O–H groups in total. The first-order valence-electron chi connectivity index (χ1n) is 8.17. The van der Waals surface area contributed by atoms with Crippen molar-refractivity contribution in [3.63, 3.8) is 0 Å². The van der Waals surface area contributed by atoms with Gasteiger partial charge in [-0.1, -0.05) is 29.5 Å². The monoisotopic (exact) mass is 394 g/mol. The Kier molecular flexibility index (Phi) is 4.68. The van der Waals surface area contributed by atoms with Gasteiger partial charge in [0.25, 0.3) is 0 Å². The number of aromatic nitrogens is 3. The molecule has 0 aliphatic heterocycles. The Hall–Kier alpha value is -3.79. The number of hydrogen-bond acceptors (Lipinski definition) is 9. The number of benzene rings is 2. The molecule has 4 aromatic rings. The summed E-state index contributed by atoms with van der Waals surface area (Å²) in [6.07, 6.45) is 1.26. The maximum Gasteiger partial charge on any atom is 0.353 e. The van der Waals surface area contributed by atoms with E-state index in [1.54, 1.807) is 25.3 Å². The Bertz CT molecular complexity index is 1150. The number of anilines is 4. The van der Waals surface area contributed by atoms with Crippen LogP contribution in [0.1, 0.15) is 0 Å². The fourth-order valence-electron chi connectivity index (χ4n) is 2.58. The molecule has 0 saturated carbocycles. The van der Waals surface area contributed by atoms with E-state index in [0.717, 1.165) is 10.2 Å². The molecule has 0 atom stereocenters. The number of ether oxygens (including phenoxy) is 1. The highest BCUT2D eigenvalue weighted by Crippen LogP contribution is 2.35. The number of rotatable bonds is 6. The average Bonchev–Trinajstić information content (AvgIpc) is 3.10. The normalized spacial score (nSPS) is 10.6. The largest absolute Gasteiger partial charge is 0.497 e. The fraction of sp³-hybridized carbons (Fsp3) is 0.0556. The molecule has 4 rings (SSSR count). The molecule has 2 aromatic carbocycles. The van der Waals surface area contributed by atoms with Crippen LogP contribution >= 0.6 is 11.3 Å². The van der Waals surface area contributed by atoms with Crippen LogP contribution in [0, 0.1) is 10.1 Å². The van der Waals surface area contributed by atoms with E-state index in [-0.39, 0.29) is 17.3 Å². The van der Waals surface area contributed by atoms with Gasteiger partial charge in [0.2, 0.25) is 11.6 Å². The molecule has 2 heterocycles. The summed E-state index contributed by atoms with van der Waals surface area (Å²) in [6.45, 7) is 0. The van der Waals surface area contributed by atoms with Crippen molar-refractivity contribution in [1.29, 1.82) is 0 Å². The number of fused-ring (bicyclic) bond motifs is 1. The van der Waals surface area contributed by atoms with Crippen molar-refractivity contribution in [3.05, 3.63) is 65.0 Å². The molecule has 0 unspecified atom stereocenters. The Morgan fingerprint density at radius 3 is 2.54 bits per heavy atom. The van der Waals surface area contributed by atoms with Gasteiger partial charge in [-0.05, 0) is 30.3 Å². The van der Waals surface area contributed by atoms with Gasteiger partial charge < -0.3 is 15.4 Å². The summed E-state index contributed by atoms with van der Waals surface area (Å²) >= 11 is 1.35. The molecule has 0 radical (unpaired) electrons. The Morgan fingerprint density at radius 1 is 1.07 bits per heavy atom. The molecule has 9 nitrogen and oxygen atoms in total. The number of nitro groups is 1. The number of thiazole rings is 1. The van der Waals surface area contributed by atoms with Crippen LogP contribution in [-0.2, 0) is 0 Å². The lowest BCUT2D eigenvalue weighted by Gasteiger charge is -2.08. The van der Waals surface area contributed by atoms with Crippen LogP contribution in [0.15, 0.2) is 54.9 Å². The first-order valence-corrected chi connectivity index (χ1v) is 8.99. The van der Waals surface area contributed by atoms with Crippen molar-refractivity contribution in [1.82, 2.24) is 15.0 Å². The highest BCUT2D eigenvalue weighted by molar-refractivity contribution is 7.22. The Balaban J connectivity index is 1.69. The van der Waals surface area contributed by atoms with Crippen molar-refractivity contribution in [3.8, 4) is 5.75 Å². The van der Waals surface area contributed by atoms with Gasteiger partial charge in [0.15, 0.2) is 5.13 Å². The van der Waals surface area contributed by atoms with Crippen LogP contribution in [0.2, 0.25) is 0 Å². The second kappa shape index (κ2) is 7.45. The molecule has 0 saturated heterocycles. The highest BCUT2D eigenvalue weighted by atomic mass is 32.1. The summed E-state index contributed by atoms with van der Waals surface area (Å²) in [4.78, 5) is 23.7. The Labute approximate surface area is 163 Å². The maximum atomic E-state index is 11.7. The minimum atomic E-state index is -0.524. The van der Waals surface area contributed by atoms with Gasteiger partial charge in [-0.2, -0.15) is 0 Å². The van der Waals surface area contributed by atoms with Crippen molar-refractivity contribution < 1.29 is 9.66 Å². The first-order chi connectivity index (χ1) is 13.6. The summed E-state index contributed by atoms with van der Waals surface area (Å²) < 4.78 is 6.10. The van der Waals surface area contributed by atoms with E-state index in [0.29, 0.717) is 16.6 Å². The number of hydrogen-bond donors (Lipinski definition) is 2. The van der Waals surface area contributed by atoms with Crippen LogP contribution in [0.5, 0.6) is 5.75 Å². The van der Waals surface area contributed by atoms with Crippen molar-refractivity contribution in [2.45, 2.75) is 0 Å². The van der Waals surface area contributed by atoms with E-state index in [2.05, 4.69) is 25.6 Å². The second-order valence-corrected chi connectivity index (χ2v) is 6.68. The summed E-state index contributed by atoms with van der Waals surface area (Å²) in [7, 11) is 1.59. The lowest BCUT2D eigenvalue weighted by molar-refractivity contribution is -0.383. The van der Waals surface area contributed by atoms with E-state index in [1.807, 2.05) is 30.3 Å². The van der Waals surface area contributed by atoms with Gasteiger partial charge in [0.05, 0.1) is 22.2 Å². The highest BCUT2D eigenvalue weighted by Gasteiger charge is 2.24. The van der Waals surface area contributed by atoms with Gasteiger partial charge in [-0.25, -0.2) is 15.0 Å². The molecular formula is C18H14N6O3S. The number of methoxy groups -OCH3 is 1. The molecule has 28 heavy (non-hydrogen) atoms. The summed E-state index contributed by atoms with van der Waals surface area (Å²) in [5.41, 5.74) is 1.18. The van der Waals surface area contributed by atoms with Crippen molar-refractivity contribution in [2.75, 3.05) is 17.7 Å². The third-order valence-electron chi connectivity index (χ3n) is 3.86. The summed E-state index contributed by atoms with van der Waals surface area (Å²) in [5, 5.41) is 18.1. The molecule has 10 heteroatoms. The quantitative estimate of drug-likeness (QED) is 0.363. The molecule has 140 valence electrons. The molecule has 2 aromatic heterocycles. The smallest absolute Gasteiger partial charge is 0.353 e. The standard InChI is InChI=1S/C18H14N6O3S/c1-27-12-7-8-13-14(9-12)28-18(22-13)23-17-15(24(25)26)16(19-10-20-17)21-11-5-3-2-4-6-11/h2-10H,1H3,(H2,19,20,21,22,23). The minimum Gasteiger partial charge on any atom is -0.497 e. The van der Waals surface area contributed by atoms with Crippen molar-refractivity contribution in [2.24, 2.45) is 0 Å². The lowest BCUT2D eigenvalue weighted by atomic mass is 10.3. The molecule has 0 amide bonds. The zero-order valence-corrected chi connectivity index (χ0v) is 15.4. The third kappa shape index (κ3) is 3.53. The Morgan fingerprint density at radius 2 is 1.82 bits per heavy atom. The van der Waals surface area contributed by atoms with Gasteiger partial charge in [0.1, 0.15) is 12.1 Å². The third-order valence-corrected chi connectivity index (χ3v) is 4.80. The second-order valence-electron chi connectivity index (χ2n) is 5.65. The van der Waals surface area contributed by atoms with Crippen LogP contribution in [0.4, 0.5) is 28.1 Å².